The van der Waals surface area contributed by atoms with Gasteiger partial charge in [0.1, 0.15) is 23.8 Å². The van der Waals surface area contributed by atoms with Crippen LogP contribution in [0.15, 0.2) is 18.7 Å². The van der Waals surface area contributed by atoms with Crippen LogP contribution in [0.4, 0.5) is 11.6 Å². The highest BCUT2D eigenvalue weighted by atomic mass is 15.3. The predicted octanol–water partition coefficient (Wildman–Crippen LogP) is 0.694. The normalized spacial score (nSPS) is 10.5. The fourth-order valence-corrected chi connectivity index (χ4v) is 2.02. The van der Waals surface area contributed by atoms with Gasteiger partial charge in [-0.1, -0.05) is 6.92 Å². The van der Waals surface area contributed by atoms with E-state index in [9.17, 15) is 0 Å². The summed E-state index contributed by atoms with van der Waals surface area (Å²) in [6.45, 7) is 2.73. The first-order valence-electron chi connectivity index (χ1n) is 6.15. The summed E-state index contributed by atoms with van der Waals surface area (Å²) in [4.78, 5) is 14.8. The molecule has 0 aliphatic carbocycles. The Morgan fingerprint density at radius 3 is 2.74 bits per heavy atom. The molecule has 0 aromatic carbocycles. The number of hydrogen-bond donors (Lipinski definition) is 2. The van der Waals surface area contributed by atoms with Crippen molar-refractivity contribution in [3.05, 3.63) is 30.1 Å². The van der Waals surface area contributed by atoms with Crippen molar-refractivity contribution in [1.29, 1.82) is 0 Å². The lowest BCUT2D eigenvalue weighted by Crippen LogP contribution is -2.23. The number of nitrogens with two attached hydrogens (primary N) is 1. The third-order valence-corrected chi connectivity index (χ3v) is 3.07. The van der Waals surface area contributed by atoms with Gasteiger partial charge in [0.15, 0.2) is 0 Å². The second-order valence-corrected chi connectivity index (χ2v) is 4.33. The van der Waals surface area contributed by atoms with Crippen molar-refractivity contribution in [1.82, 2.24) is 19.5 Å². The van der Waals surface area contributed by atoms with E-state index in [1.807, 2.05) is 29.8 Å². The summed E-state index contributed by atoms with van der Waals surface area (Å²) >= 11 is 0. The highest BCUT2D eigenvalue weighted by Crippen LogP contribution is 2.23. The number of nitrogen functional groups attached to an aromatic ring is 1. The molecule has 0 unspecified atom stereocenters. The van der Waals surface area contributed by atoms with E-state index in [1.165, 1.54) is 6.33 Å². The van der Waals surface area contributed by atoms with E-state index in [0.717, 1.165) is 23.6 Å². The lowest BCUT2D eigenvalue weighted by atomic mass is 10.2. The van der Waals surface area contributed by atoms with Gasteiger partial charge in [-0.15, -0.1) is 0 Å². The Morgan fingerprint density at radius 1 is 1.37 bits per heavy atom. The van der Waals surface area contributed by atoms with Crippen LogP contribution >= 0.6 is 0 Å². The number of nitrogens with one attached hydrogen (secondary N) is 1. The summed E-state index contributed by atoms with van der Waals surface area (Å²) in [6.07, 6.45) is 6.03. The van der Waals surface area contributed by atoms with Crippen molar-refractivity contribution in [3.63, 3.8) is 0 Å². The Morgan fingerprint density at radius 2 is 2.16 bits per heavy atom. The van der Waals surface area contributed by atoms with Crippen LogP contribution in [-0.2, 0) is 20.0 Å². The molecule has 102 valence electrons. The van der Waals surface area contributed by atoms with E-state index in [2.05, 4.69) is 27.3 Å². The minimum Gasteiger partial charge on any atom is -0.352 e. The molecule has 2 aromatic heterocycles. The molecule has 3 N–H and O–H groups in total. The van der Waals surface area contributed by atoms with Gasteiger partial charge in [-0.2, -0.15) is 0 Å². The average Bonchev–Trinajstić information content (AvgIpc) is 2.83. The standard InChI is InChI=1S/C12H19N7/c1-4-9-11(17-13)15-8-16-12(9)19(3)7-10-14-5-6-18(10)2/h5-6,8H,4,7,13H2,1-3H3,(H,15,16,17). The second kappa shape index (κ2) is 5.66. The van der Waals surface area contributed by atoms with Gasteiger partial charge >= 0.3 is 0 Å². The zero-order valence-corrected chi connectivity index (χ0v) is 11.5. The zero-order valence-electron chi connectivity index (χ0n) is 11.5. The van der Waals surface area contributed by atoms with E-state index in [-0.39, 0.29) is 0 Å². The summed E-state index contributed by atoms with van der Waals surface area (Å²) in [7, 11) is 3.96. The monoisotopic (exact) mass is 261 g/mol. The average molecular weight is 261 g/mol. The van der Waals surface area contributed by atoms with Crippen LogP contribution in [0.25, 0.3) is 0 Å². The van der Waals surface area contributed by atoms with Gasteiger partial charge < -0.3 is 14.9 Å². The molecule has 2 aromatic rings. The lowest BCUT2D eigenvalue weighted by Gasteiger charge is -2.21. The lowest BCUT2D eigenvalue weighted by molar-refractivity contribution is 0.750. The van der Waals surface area contributed by atoms with Crippen LogP contribution in [0.1, 0.15) is 18.3 Å². The minimum absolute atomic E-state index is 0.666. The molecule has 0 aliphatic rings. The Balaban J connectivity index is 2.28. The van der Waals surface area contributed by atoms with Crippen LogP contribution < -0.4 is 16.2 Å². The number of nitrogens with zero attached hydrogens (tertiary/aromatic N) is 5. The highest BCUT2D eigenvalue weighted by molar-refractivity contribution is 5.57. The smallest absolute Gasteiger partial charge is 0.148 e. The maximum atomic E-state index is 5.48. The fraction of sp³-hybridized carbons (Fsp3) is 0.417. The summed E-state index contributed by atoms with van der Waals surface area (Å²) in [5.41, 5.74) is 3.61. The van der Waals surface area contributed by atoms with Crippen molar-refractivity contribution in [2.75, 3.05) is 17.4 Å². The third-order valence-electron chi connectivity index (χ3n) is 3.07. The summed E-state index contributed by atoms with van der Waals surface area (Å²) in [5, 5.41) is 0. The summed E-state index contributed by atoms with van der Waals surface area (Å²) in [6, 6.07) is 0. The first-order valence-corrected chi connectivity index (χ1v) is 6.15. The van der Waals surface area contributed by atoms with Crippen LogP contribution in [0.2, 0.25) is 0 Å². The Hall–Kier alpha value is -2.15. The quantitative estimate of drug-likeness (QED) is 0.608. The van der Waals surface area contributed by atoms with Gasteiger partial charge in [-0.3, -0.25) is 0 Å². The summed E-state index contributed by atoms with van der Waals surface area (Å²) in [5.74, 6) is 7.99. The molecule has 0 saturated heterocycles. The van der Waals surface area contributed by atoms with Gasteiger partial charge in [0.25, 0.3) is 0 Å². The maximum Gasteiger partial charge on any atom is 0.148 e. The number of rotatable bonds is 5. The van der Waals surface area contributed by atoms with Crippen molar-refractivity contribution in [2.45, 2.75) is 19.9 Å². The van der Waals surface area contributed by atoms with Gasteiger partial charge in [0.2, 0.25) is 0 Å². The highest BCUT2D eigenvalue weighted by Gasteiger charge is 2.14. The van der Waals surface area contributed by atoms with Gasteiger partial charge in [0, 0.05) is 32.1 Å². The molecule has 0 radical (unpaired) electrons. The Kier molecular flexibility index (Phi) is 3.96. The molecule has 7 heteroatoms. The molecule has 0 amide bonds. The SMILES string of the molecule is CCc1c(NN)ncnc1N(C)Cc1nccn1C. The maximum absolute atomic E-state index is 5.48. The topological polar surface area (TPSA) is 84.9 Å². The van der Waals surface area contributed by atoms with E-state index in [4.69, 9.17) is 5.84 Å². The van der Waals surface area contributed by atoms with Crippen molar-refractivity contribution in [2.24, 2.45) is 12.9 Å². The van der Waals surface area contributed by atoms with E-state index < -0.39 is 0 Å². The van der Waals surface area contributed by atoms with Gasteiger partial charge in [0.05, 0.1) is 6.54 Å². The van der Waals surface area contributed by atoms with E-state index in [1.54, 1.807) is 6.20 Å². The molecule has 7 nitrogen and oxygen atoms in total. The third kappa shape index (κ3) is 2.65. The molecular formula is C12H19N7. The van der Waals surface area contributed by atoms with Crippen LogP contribution in [0.5, 0.6) is 0 Å². The second-order valence-electron chi connectivity index (χ2n) is 4.33. The fourth-order valence-electron chi connectivity index (χ4n) is 2.02. The number of anilines is 2. The van der Waals surface area contributed by atoms with E-state index >= 15 is 0 Å². The molecule has 0 atom stereocenters. The molecular weight excluding hydrogens is 242 g/mol. The number of aromatic nitrogens is 4. The van der Waals surface area contributed by atoms with Gasteiger partial charge in [-0.25, -0.2) is 20.8 Å². The summed E-state index contributed by atoms with van der Waals surface area (Å²) < 4.78 is 1.99. The number of hydrogen-bond acceptors (Lipinski definition) is 6. The van der Waals surface area contributed by atoms with Crippen molar-refractivity contribution in [3.8, 4) is 0 Å². The number of imidazole rings is 1. The van der Waals surface area contributed by atoms with E-state index in [0.29, 0.717) is 12.4 Å². The zero-order chi connectivity index (χ0) is 13.8. The van der Waals surface area contributed by atoms with Crippen LogP contribution in [-0.4, -0.2) is 26.6 Å². The van der Waals surface area contributed by atoms with Crippen LogP contribution in [0, 0.1) is 0 Å². The predicted molar refractivity (Wildman–Crippen MR) is 74.5 cm³/mol. The number of hydrazine groups is 1. The first-order chi connectivity index (χ1) is 9.17. The molecule has 0 fully saturated rings. The first kappa shape index (κ1) is 13.3. The molecule has 0 spiro atoms. The largest absolute Gasteiger partial charge is 0.352 e. The molecule has 2 rings (SSSR count). The Labute approximate surface area is 112 Å². The molecule has 19 heavy (non-hydrogen) atoms. The van der Waals surface area contributed by atoms with Gasteiger partial charge in [-0.05, 0) is 6.42 Å². The Bertz CT molecular complexity index is 549. The van der Waals surface area contributed by atoms with Crippen molar-refractivity contribution >= 4 is 11.6 Å². The molecule has 0 saturated carbocycles. The minimum atomic E-state index is 0.666. The van der Waals surface area contributed by atoms with Crippen LogP contribution in [0.3, 0.4) is 0 Å². The molecule has 2 heterocycles. The molecule has 0 bridgehead atoms. The number of aryl methyl sites for hydroxylation is 1. The molecule has 0 aliphatic heterocycles. The van der Waals surface area contributed by atoms with Crippen molar-refractivity contribution < 1.29 is 0 Å².